The largest absolute Gasteiger partial charge is 0.489 e. The summed E-state index contributed by atoms with van der Waals surface area (Å²) in [6, 6.07) is 21.6. The Labute approximate surface area is 165 Å². The molecule has 1 N–H and O–H groups in total. The van der Waals surface area contributed by atoms with E-state index in [4.69, 9.17) is 9.15 Å². The quantitative estimate of drug-likeness (QED) is 0.528. The standard InChI is InChI=1S/C23H26N2O3/c1-25(20-10-4-2-5-11-20)16-9-8-15-24-23(26)22-19(14-17-27-22)18-28-21-12-6-3-7-13-21/h2-7,10-14,17H,8-9,15-16,18H2,1H3,(H,24,26). The molecule has 0 unspecified atom stereocenters. The summed E-state index contributed by atoms with van der Waals surface area (Å²) in [5.41, 5.74) is 1.94. The molecule has 1 heterocycles. The Kier molecular flexibility index (Phi) is 7.13. The van der Waals surface area contributed by atoms with E-state index in [2.05, 4.69) is 29.4 Å². The summed E-state index contributed by atoms with van der Waals surface area (Å²) < 4.78 is 11.1. The number of hydrogen-bond donors (Lipinski definition) is 1. The van der Waals surface area contributed by atoms with Gasteiger partial charge in [0, 0.05) is 31.4 Å². The van der Waals surface area contributed by atoms with Gasteiger partial charge in [-0.25, -0.2) is 0 Å². The average molecular weight is 378 g/mol. The van der Waals surface area contributed by atoms with Crippen molar-refractivity contribution in [3.05, 3.63) is 84.3 Å². The minimum Gasteiger partial charge on any atom is -0.489 e. The molecule has 5 heteroatoms. The van der Waals surface area contributed by atoms with Crippen LogP contribution in [0.4, 0.5) is 5.69 Å². The number of anilines is 1. The van der Waals surface area contributed by atoms with E-state index in [1.54, 1.807) is 6.07 Å². The third-order valence-electron chi connectivity index (χ3n) is 4.49. The number of para-hydroxylation sites is 2. The molecule has 0 radical (unpaired) electrons. The lowest BCUT2D eigenvalue weighted by atomic mass is 10.2. The second-order valence-electron chi connectivity index (χ2n) is 6.60. The first-order valence-corrected chi connectivity index (χ1v) is 9.52. The Morgan fingerprint density at radius 2 is 1.71 bits per heavy atom. The molecule has 0 aliphatic rings. The summed E-state index contributed by atoms with van der Waals surface area (Å²) in [5, 5.41) is 2.93. The number of amides is 1. The molecule has 5 nitrogen and oxygen atoms in total. The summed E-state index contributed by atoms with van der Waals surface area (Å²) in [6.07, 6.45) is 3.42. The number of carbonyl (C=O) groups excluding carboxylic acids is 1. The third-order valence-corrected chi connectivity index (χ3v) is 4.49. The van der Waals surface area contributed by atoms with Crippen molar-refractivity contribution in [1.82, 2.24) is 5.32 Å². The molecule has 1 amide bonds. The van der Waals surface area contributed by atoms with Crippen LogP contribution in [0.2, 0.25) is 0 Å². The number of carbonyl (C=O) groups is 1. The van der Waals surface area contributed by atoms with Crippen LogP contribution < -0.4 is 15.0 Å². The zero-order valence-electron chi connectivity index (χ0n) is 16.1. The van der Waals surface area contributed by atoms with Gasteiger partial charge in [0.1, 0.15) is 12.4 Å². The van der Waals surface area contributed by atoms with Gasteiger partial charge in [-0.05, 0) is 43.2 Å². The van der Waals surface area contributed by atoms with Crippen LogP contribution in [0.3, 0.4) is 0 Å². The lowest BCUT2D eigenvalue weighted by Gasteiger charge is -2.19. The lowest BCUT2D eigenvalue weighted by molar-refractivity contribution is 0.0922. The van der Waals surface area contributed by atoms with E-state index in [1.807, 2.05) is 48.5 Å². The maximum absolute atomic E-state index is 12.4. The fourth-order valence-electron chi connectivity index (χ4n) is 2.89. The Morgan fingerprint density at radius 3 is 2.46 bits per heavy atom. The van der Waals surface area contributed by atoms with Crippen LogP contribution in [0.25, 0.3) is 0 Å². The fraction of sp³-hybridized carbons (Fsp3) is 0.261. The molecule has 28 heavy (non-hydrogen) atoms. The maximum Gasteiger partial charge on any atom is 0.287 e. The predicted molar refractivity (Wildman–Crippen MR) is 111 cm³/mol. The van der Waals surface area contributed by atoms with Crippen LogP contribution in [0.15, 0.2) is 77.4 Å². The smallest absolute Gasteiger partial charge is 0.287 e. The molecule has 0 aliphatic heterocycles. The Hall–Kier alpha value is -3.21. The summed E-state index contributed by atoms with van der Waals surface area (Å²) in [5.74, 6) is 0.878. The van der Waals surface area contributed by atoms with Crippen molar-refractivity contribution >= 4 is 11.6 Å². The number of ether oxygens (including phenoxy) is 1. The van der Waals surface area contributed by atoms with Gasteiger partial charge >= 0.3 is 0 Å². The first-order valence-electron chi connectivity index (χ1n) is 9.52. The Balaban J connectivity index is 1.39. The third kappa shape index (κ3) is 5.64. The highest BCUT2D eigenvalue weighted by Gasteiger charge is 2.15. The number of nitrogens with one attached hydrogen (secondary N) is 1. The number of rotatable bonds is 10. The molecule has 0 saturated carbocycles. The molecule has 0 bridgehead atoms. The topological polar surface area (TPSA) is 54.7 Å². The van der Waals surface area contributed by atoms with Crippen LogP contribution in [0.5, 0.6) is 5.75 Å². The molecule has 0 atom stereocenters. The van der Waals surface area contributed by atoms with Crippen molar-refractivity contribution in [2.75, 3.05) is 25.0 Å². The van der Waals surface area contributed by atoms with Gasteiger partial charge in [0.2, 0.25) is 0 Å². The van der Waals surface area contributed by atoms with Crippen LogP contribution in [-0.2, 0) is 6.61 Å². The van der Waals surface area contributed by atoms with E-state index < -0.39 is 0 Å². The van der Waals surface area contributed by atoms with Crippen molar-refractivity contribution in [1.29, 1.82) is 0 Å². The van der Waals surface area contributed by atoms with Crippen LogP contribution in [0, 0.1) is 0 Å². The minimum atomic E-state index is -0.201. The average Bonchev–Trinajstić information content (AvgIpc) is 3.22. The van der Waals surface area contributed by atoms with Gasteiger partial charge < -0.3 is 19.4 Å². The van der Waals surface area contributed by atoms with Crippen molar-refractivity contribution in [2.45, 2.75) is 19.4 Å². The highest BCUT2D eigenvalue weighted by atomic mass is 16.5. The SMILES string of the molecule is CN(CCCCNC(=O)c1occc1COc1ccccc1)c1ccccc1. The number of furan rings is 1. The van der Waals surface area contributed by atoms with Gasteiger partial charge in [0.05, 0.1) is 6.26 Å². The number of nitrogens with zero attached hydrogens (tertiary/aromatic N) is 1. The van der Waals surface area contributed by atoms with Gasteiger partial charge in [0.25, 0.3) is 5.91 Å². The monoisotopic (exact) mass is 378 g/mol. The molecule has 3 rings (SSSR count). The second-order valence-corrected chi connectivity index (χ2v) is 6.60. The molecule has 0 spiro atoms. The van der Waals surface area contributed by atoms with E-state index in [-0.39, 0.29) is 5.91 Å². The van der Waals surface area contributed by atoms with Crippen molar-refractivity contribution in [2.24, 2.45) is 0 Å². The van der Waals surface area contributed by atoms with Gasteiger partial charge in [-0.3, -0.25) is 4.79 Å². The van der Waals surface area contributed by atoms with Gasteiger partial charge in [-0.1, -0.05) is 36.4 Å². The highest BCUT2D eigenvalue weighted by Crippen LogP contribution is 2.16. The van der Waals surface area contributed by atoms with E-state index in [1.165, 1.54) is 12.0 Å². The molecule has 3 aromatic rings. The molecule has 0 saturated heterocycles. The predicted octanol–water partition coefficient (Wildman–Crippen LogP) is 4.51. The number of benzene rings is 2. The van der Waals surface area contributed by atoms with E-state index >= 15 is 0 Å². The normalized spacial score (nSPS) is 10.5. The molecule has 2 aromatic carbocycles. The summed E-state index contributed by atoms with van der Waals surface area (Å²) in [7, 11) is 2.08. The Bertz CT molecular complexity index is 847. The van der Waals surface area contributed by atoms with Crippen molar-refractivity contribution in [3.63, 3.8) is 0 Å². The van der Waals surface area contributed by atoms with Crippen molar-refractivity contribution < 1.29 is 13.9 Å². The molecule has 0 fully saturated rings. The zero-order chi connectivity index (χ0) is 19.6. The van der Waals surface area contributed by atoms with E-state index in [0.717, 1.165) is 30.7 Å². The molecule has 1 aromatic heterocycles. The number of unbranched alkanes of at least 4 members (excludes halogenated alkanes) is 1. The molecular weight excluding hydrogens is 352 g/mol. The summed E-state index contributed by atoms with van der Waals surface area (Å²) in [4.78, 5) is 14.6. The summed E-state index contributed by atoms with van der Waals surface area (Å²) in [6.45, 7) is 1.85. The Morgan fingerprint density at radius 1 is 1.00 bits per heavy atom. The minimum absolute atomic E-state index is 0.201. The molecule has 146 valence electrons. The number of hydrogen-bond acceptors (Lipinski definition) is 4. The van der Waals surface area contributed by atoms with Crippen LogP contribution in [0.1, 0.15) is 29.0 Å². The second kappa shape index (κ2) is 10.2. The first kappa shape index (κ1) is 19.5. The van der Waals surface area contributed by atoms with Crippen LogP contribution in [-0.4, -0.2) is 26.0 Å². The zero-order valence-corrected chi connectivity index (χ0v) is 16.1. The first-order chi connectivity index (χ1) is 13.7. The highest BCUT2D eigenvalue weighted by molar-refractivity contribution is 5.92. The van der Waals surface area contributed by atoms with Crippen molar-refractivity contribution in [3.8, 4) is 5.75 Å². The molecular formula is C23H26N2O3. The summed E-state index contributed by atoms with van der Waals surface area (Å²) >= 11 is 0. The maximum atomic E-state index is 12.4. The van der Waals surface area contributed by atoms with Crippen LogP contribution >= 0.6 is 0 Å². The van der Waals surface area contributed by atoms with Gasteiger partial charge in [0.15, 0.2) is 5.76 Å². The lowest BCUT2D eigenvalue weighted by Crippen LogP contribution is -2.26. The molecule has 0 aliphatic carbocycles. The fourth-order valence-corrected chi connectivity index (χ4v) is 2.89. The van der Waals surface area contributed by atoms with Gasteiger partial charge in [-0.2, -0.15) is 0 Å². The van der Waals surface area contributed by atoms with E-state index in [0.29, 0.717) is 18.9 Å². The van der Waals surface area contributed by atoms with E-state index in [9.17, 15) is 4.79 Å². The van der Waals surface area contributed by atoms with Gasteiger partial charge in [-0.15, -0.1) is 0 Å².